The normalized spacial score (nSPS) is 10.8. The van der Waals surface area contributed by atoms with Gasteiger partial charge in [0.25, 0.3) is 0 Å². The number of ether oxygens (including phenoxy) is 1. The van der Waals surface area contributed by atoms with Crippen LogP contribution >= 0.6 is 23.2 Å². The second-order valence-corrected chi connectivity index (χ2v) is 4.75. The highest BCUT2D eigenvalue weighted by Gasteiger charge is 2.04. The van der Waals surface area contributed by atoms with E-state index in [1.165, 1.54) is 6.21 Å². The predicted octanol–water partition coefficient (Wildman–Crippen LogP) is 3.87. The minimum Gasteiger partial charge on any atom is -0.488 e. The van der Waals surface area contributed by atoms with Gasteiger partial charge in [0.05, 0.1) is 6.21 Å². The molecule has 98 valence electrons. The second kappa shape index (κ2) is 6.45. The van der Waals surface area contributed by atoms with Crippen LogP contribution in [0.2, 0.25) is 10.0 Å². The fraction of sp³-hybridized carbons (Fsp3) is 0.0714. The van der Waals surface area contributed by atoms with Crippen molar-refractivity contribution in [2.45, 2.75) is 6.61 Å². The molecule has 0 aliphatic rings. The molecule has 0 saturated carbocycles. The topological polar surface area (TPSA) is 47.6 Å². The first kappa shape index (κ1) is 13.7. The third-order valence-electron chi connectivity index (χ3n) is 2.47. The molecule has 0 aromatic heterocycles. The molecule has 0 unspecified atom stereocenters. The molecule has 0 spiro atoms. The molecule has 19 heavy (non-hydrogen) atoms. The summed E-state index contributed by atoms with van der Waals surface area (Å²) in [5, 5.41) is 4.78. The summed E-state index contributed by atoms with van der Waals surface area (Å²) in [6.07, 6.45) is 1.50. The van der Waals surface area contributed by atoms with E-state index in [9.17, 15) is 0 Å². The average molecular weight is 295 g/mol. The fourth-order valence-electron chi connectivity index (χ4n) is 1.62. The molecule has 0 fully saturated rings. The van der Waals surface area contributed by atoms with Crippen molar-refractivity contribution in [2.75, 3.05) is 0 Å². The monoisotopic (exact) mass is 294 g/mol. The lowest BCUT2D eigenvalue weighted by atomic mass is 10.2. The number of nitrogens with two attached hydrogens (primary N) is 1. The molecule has 0 bridgehead atoms. The van der Waals surface area contributed by atoms with E-state index in [2.05, 4.69) is 5.10 Å². The second-order valence-electron chi connectivity index (χ2n) is 3.88. The Morgan fingerprint density at radius 2 is 1.89 bits per heavy atom. The first-order chi connectivity index (χ1) is 9.19. The van der Waals surface area contributed by atoms with Crippen LogP contribution in [-0.2, 0) is 6.61 Å². The van der Waals surface area contributed by atoms with E-state index in [0.717, 1.165) is 11.1 Å². The van der Waals surface area contributed by atoms with Crippen molar-refractivity contribution in [1.82, 2.24) is 0 Å². The lowest BCUT2D eigenvalue weighted by molar-refractivity contribution is 0.306. The van der Waals surface area contributed by atoms with Crippen LogP contribution in [0.15, 0.2) is 47.6 Å². The SMILES string of the molecule is NN=Cc1cc(Cl)ccc1OCc1cccc(Cl)c1. The third kappa shape index (κ3) is 3.88. The molecule has 2 rings (SSSR count). The minimum atomic E-state index is 0.410. The van der Waals surface area contributed by atoms with Crippen LogP contribution in [0.3, 0.4) is 0 Å². The standard InChI is InChI=1S/C14H12Cl2N2O/c15-12-3-1-2-10(6-12)9-19-14-5-4-13(16)7-11(14)8-18-17/h1-8H,9,17H2. The Kier molecular flexibility index (Phi) is 4.66. The van der Waals surface area contributed by atoms with E-state index < -0.39 is 0 Å². The highest BCUT2D eigenvalue weighted by atomic mass is 35.5. The molecule has 0 aliphatic carbocycles. The highest BCUT2D eigenvalue weighted by molar-refractivity contribution is 6.31. The Balaban J connectivity index is 2.15. The van der Waals surface area contributed by atoms with Gasteiger partial charge in [0.15, 0.2) is 0 Å². The van der Waals surface area contributed by atoms with Gasteiger partial charge in [-0.05, 0) is 35.9 Å². The number of hydrazone groups is 1. The summed E-state index contributed by atoms with van der Waals surface area (Å²) in [6, 6.07) is 12.8. The van der Waals surface area contributed by atoms with Gasteiger partial charge in [-0.25, -0.2) is 0 Å². The molecule has 0 atom stereocenters. The van der Waals surface area contributed by atoms with E-state index in [1.54, 1.807) is 18.2 Å². The summed E-state index contributed by atoms with van der Waals surface area (Å²) >= 11 is 11.8. The van der Waals surface area contributed by atoms with Crippen molar-refractivity contribution in [3.8, 4) is 5.75 Å². The fourth-order valence-corrected chi connectivity index (χ4v) is 2.01. The Hall–Kier alpha value is -1.71. The van der Waals surface area contributed by atoms with Crippen LogP contribution in [0, 0.1) is 0 Å². The van der Waals surface area contributed by atoms with E-state index in [4.69, 9.17) is 33.8 Å². The molecule has 3 nitrogen and oxygen atoms in total. The van der Waals surface area contributed by atoms with E-state index in [1.807, 2.05) is 24.3 Å². The lowest BCUT2D eigenvalue weighted by Crippen LogP contribution is -1.99. The van der Waals surface area contributed by atoms with E-state index in [-0.39, 0.29) is 0 Å². The molecule has 0 radical (unpaired) electrons. The highest BCUT2D eigenvalue weighted by Crippen LogP contribution is 2.22. The molecular formula is C14H12Cl2N2O. The number of halogens is 2. The molecule has 5 heteroatoms. The van der Waals surface area contributed by atoms with Gasteiger partial charge in [0.1, 0.15) is 12.4 Å². The van der Waals surface area contributed by atoms with Crippen LogP contribution in [-0.4, -0.2) is 6.21 Å². The molecular weight excluding hydrogens is 283 g/mol. The van der Waals surface area contributed by atoms with Crippen LogP contribution in [0.4, 0.5) is 0 Å². The zero-order valence-corrected chi connectivity index (χ0v) is 11.5. The van der Waals surface area contributed by atoms with Gasteiger partial charge in [-0.3, -0.25) is 0 Å². The Morgan fingerprint density at radius 3 is 2.63 bits per heavy atom. The van der Waals surface area contributed by atoms with Crippen LogP contribution in [0.25, 0.3) is 0 Å². The van der Waals surface area contributed by atoms with Gasteiger partial charge < -0.3 is 10.6 Å². The van der Waals surface area contributed by atoms with Crippen LogP contribution < -0.4 is 10.6 Å². The lowest BCUT2D eigenvalue weighted by Gasteiger charge is -2.09. The Labute approximate surface area is 121 Å². The number of nitrogens with zero attached hydrogens (tertiary/aromatic N) is 1. The molecule has 0 amide bonds. The molecule has 0 aliphatic heterocycles. The molecule has 2 N–H and O–H groups in total. The first-order valence-corrected chi connectivity index (χ1v) is 6.34. The molecule has 0 saturated heterocycles. The minimum absolute atomic E-state index is 0.410. The largest absolute Gasteiger partial charge is 0.488 e. The number of hydrogen-bond acceptors (Lipinski definition) is 3. The van der Waals surface area contributed by atoms with E-state index in [0.29, 0.717) is 22.4 Å². The summed E-state index contributed by atoms with van der Waals surface area (Å²) in [7, 11) is 0. The van der Waals surface area contributed by atoms with Crippen molar-refractivity contribution >= 4 is 29.4 Å². The maximum atomic E-state index is 5.92. The van der Waals surface area contributed by atoms with Crippen molar-refractivity contribution in [2.24, 2.45) is 10.9 Å². The summed E-state index contributed by atoms with van der Waals surface area (Å²) in [5.41, 5.74) is 1.72. The zero-order chi connectivity index (χ0) is 13.7. The summed E-state index contributed by atoms with van der Waals surface area (Å²) < 4.78 is 5.72. The number of hydrogen-bond donors (Lipinski definition) is 1. The van der Waals surface area contributed by atoms with Crippen molar-refractivity contribution in [3.05, 3.63) is 63.6 Å². The van der Waals surface area contributed by atoms with Gasteiger partial charge in [-0.15, -0.1) is 0 Å². The van der Waals surface area contributed by atoms with Gasteiger partial charge in [0.2, 0.25) is 0 Å². The summed E-state index contributed by atoms with van der Waals surface area (Å²) in [5.74, 6) is 5.83. The van der Waals surface area contributed by atoms with E-state index >= 15 is 0 Å². The first-order valence-electron chi connectivity index (χ1n) is 5.59. The maximum absolute atomic E-state index is 5.92. The van der Waals surface area contributed by atoms with Crippen LogP contribution in [0.5, 0.6) is 5.75 Å². The Morgan fingerprint density at radius 1 is 1.11 bits per heavy atom. The van der Waals surface area contributed by atoms with Gasteiger partial charge in [0, 0.05) is 15.6 Å². The van der Waals surface area contributed by atoms with Gasteiger partial charge >= 0.3 is 0 Å². The van der Waals surface area contributed by atoms with Gasteiger partial charge in [-0.2, -0.15) is 5.10 Å². The predicted molar refractivity (Wildman–Crippen MR) is 79.0 cm³/mol. The Bertz CT molecular complexity index is 600. The smallest absolute Gasteiger partial charge is 0.128 e. The maximum Gasteiger partial charge on any atom is 0.128 e. The number of benzene rings is 2. The van der Waals surface area contributed by atoms with Gasteiger partial charge in [-0.1, -0.05) is 35.3 Å². The average Bonchev–Trinajstić information content (AvgIpc) is 2.38. The summed E-state index contributed by atoms with van der Waals surface area (Å²) in [4.78, 5) is 0. The summed E-state index contributed by atoms with van der Waals surface area (Å²) in [6.45, 7) is 0.410. The molecule has 2 aromatic rings. The van der Waals surface area contributed by atoms with Crippen molar-refractivity contribution < 1.29 is 4.74 Å². The third-order valence-corrected chi connectivity index (χ3v) is 2.94. The van der Waals surface area contributed by atoms with Crippen LogP contribution in [0.1, 0.15) is 11.1 Å². The van der Waals surface area contributed by atoms with Crippen molar-refractivity contribution in [3.63, 3.8) is 0 Å². The molecule has 0 heterocycles. The number of rotatable bonds is 4. The molecule has 2 aromatic carbocycles. The zero-order valence-electron chi connectivity index (χ0n) is 10.0. The van der Waals surface area contributed by atoms with Crippen molar-refractivity contribution in [1.29, 1.82) is 0 Å². The quantitative estimate of drug-likeness (QED) is 0.529.